The zero-order valence-electron chi connectivity index (χ0n) is 20.2. The van der Waals surface area contributed by atoms with E-state index in [4.69, 9.17) is 9.47 Å². The number of rotatable bonds is 10. The average molecular weight is 515 g/mol. The maximum atomic E-state index is 13.6. The first-order valence-corrected chi connectivity index (χ1v) is 13.9. The van der Waals surface area contributed by atoms with Crippen molar-refractivity contribution in [2.45, 2.75) is 45.2 Å². The van der Waals surface area contributed by atoms with E-state index in [-0.39, 0.29) is 30.7 Å². The minimum Gasteiger partial charge on any atom is -0.454 e. The van der Waals surface area contributed by atoms with Gasteiger partial charge in [-0.1, -0.05) is 30.7 Å². The molecule has 2 aromatic carbocycles. The summed E-state index contributed by atoms with van der Waals surface area (Å²) in [5.74, 6) is 1.08. The molecular weight excluding hydrogens is 484 g/mol. The second-order valence-electron chi connectivity index (χ2n) is 8.62. The van der Waals surface area contributed by atoms with Crippen molar-refractivity contribution in [2.75, 3.05) is 19.9 Å². The normalized spacial score (nSPS) is 12.8. The molecule has 1 aromatic heterocycles. The van der Waals surface area contributed by atoms with Gasteiger partial charge in [0.15, 0.2) is 11.5 Å². The monoisotopic (exact) mass is 514 g/mol. The number of nitrogens with zero attached hydrogens (tertiary/aromatic N) is 2. The Morgan fingerprint density at radius 1 is 1.00 bits per heavy atom. The molecule has 3 aromatic rings. The molecule has 0 aliphatic carbocycles. The van der Waals surface area contributed by atoms with Crippen molar-refractivity contribution in [1.29, 1.82) is 0 Å². The molecular formula is C26H30N2O5S2. The Labute approximate surface area is 210 Å². The Morgan fingerprint density at radius 3 is 2.43 bits per heavy atom. The van der Waals surface area contributed by atoms with Crippen molar-refractivity contribution in [3.8, 4) is 11.5 Å². The van der Waals surface area contributed by atoms with Crippen LogP contribution < -0.4 is 9.47 Å². The molecule has 0 unspecified atom stereocenters. The molecule has 0 atom stereocenters. The molecule has 35 heavy (non-hydrogen) atoms. The van der Waals surface area contributed by atoms with Crippen LogP contribution in [0, 0.1) is 13.8 Å². The van der Waals surface area contributed by atoms with E-state index in [2.05, 4.69) is 0 Å². The summed E-state index contributed by atoms with van der Waals surface area (Å²) in [6, 6.07) is 14.4. The van der Waals surface area contributed by atoms with Gasteiger partial charge in [0.25, 0.3) is 0 Å². The van der Waals surface area contributed by atoms with E-state index in [0.29, 0.717) is 31.0 Å². The Morgan fingerprint density at radius 2 is 1.74 bits per heavy atom. The van der Waals surface area contributed by atoms with Crippen LogP contribution in [0.3, 0.4) is 0 Å². The zero-order valence-corrected chi connectivity index (χ0v) is 21.8. The second kappa shape index (κ2) is 10.8. The van der Waals surface area contributed by atoms with Crippen LogP contribution in [0.5, 0.6) is 11.5 Å². The van der Waals surface area contributed by atoms with Crippen LogP contribution in [0.1, 0.15) is 34.9 Å². The fraction of sp³-hybridized carbons (Fsp3) is 0.346. The largest absolute Gasteiger partial charge is 0.454 e. The summed E-state index contributed by atoms with van der Waals surface area (Å²) in [6.07, 6.45) is 0.602. The van der Waals surface area contributed by atoms with Crippen molar-refractivity contribution >= 4 is 27.3 Å². The molecule has 0 fully saturated rings. The predicted octanol–water partition coefficient (Wildman–Crippen LogP) is 4.72. The van der Waals surface area contributed by atoms with Gasteiger partial charge in [0.1, 0.15) is 0 Å². The smallest absolute Gasteiger partial charge is 0.243 e. The fourth-order valence-electron chi connectivity index (χ4n) is 3.88. The van der Waals surface area contributed by atoms with Crippen LogP contribution in [-0.2, 0) is 27.9 Å². The van der Waals surface area contributed by atoms with Gasteiger partial charge in [-0.25, -0.2) is 8.42 Å². The molecule has 0 spiro atoms. The van der Waals surface area contributed by atoms with E-state index in [9.17, 15) is 13.2 Å². The average Bonchev–Trinajstić information content (AvgIpc) is 3.47. The summed E-state index contributed by atoms with van der Waals surface area (Å²) in [6.45, 7) is 6.78. The number of thiophene rings is 1. The number of fused-ring (bicyclic) bond motifs is 1. The summed E-state index contributed by atoms with van der Waals surface area (Å²) < 4.78 is 38.9. The quantitative estimate of drug-likeness (QED) is 0.391. The summed E-state index contributed by atoms with van der Waals surface area (Å²) in [4.78, 5) is 16.6. The highest BCUT2D eigenvalue weighted by molar-refractivity contribution is 7.89. The molecule has 186 valence electrons. The van der Waals surface area contributed by atoms with Crippen LogP contribution in [-0.4, -0.2) is 43.4 Å². The number of aryl methyl sites for hydroxylation is 2. The molecule has 7 nitrogen and oxygen atoms in total. The predicted molar refractivity (Wildman–Crippen MR) is 136 cm³/mol. The Bertz CT molecular complexity index is 1290. The lowest BCUT2D eigenvalue weighted by Gasteiger charge is -2.27. The van der Waals surface area contributed by atoms with Crippen LogP contribution in [0.15, 0.2) is 58.8 Å². The van der Waals surface area contributed by atoms with Gasteiger partial charge in [-0.3, -0.25) is 4.79 Å². The summed E-state index contributed by atoms with van der Waals surface area (Å²) >= 11 is 1.59. The van der Waals surface area contributed by atoms with Crippen molar-refractivity contribution in [2.24, 2.45) is 0 Å². The maximum Gasteiger partial charge on any atom is 0.243 e. The standard InChI is InChI=1S/C26H30N2O5S2/c1-4-12-28(35(30,31)22-8-5-19(2)6-9-22)17-26(29)27(16-25-20(3)11-13-34-25)15-21-7-10-23-24(14-21)33-18-32-23/h5-11,13-14H,4,12,15-18H2,1-3H3. The second-order valence-corrected chi connectivity index (χ2v) is 11.6. The zero-order chi connectivity index (χ0) is 25.0. The third-order valence-corrected chi connectivity index (χ3v) is 8.78. The first-order valence-electron chi connectivity index (χ1n) is 11.5. The third-order valence-electron chi connectivity index (χ3n) is 5.91. The molecule has 4 rings (SSSR count). The van der Waals surface area contributed by atoms with Gasteiger partial charge in [-0.05, 0) is 67.1 Å². The van der Waals surface area contributed by atoms with E-state index < -0.39 is 10.0 Å². The molecule has 9 heteroatoms. The van der Waals surface area contributed by atoms with Crippen molar-refractivity contribution < 1.29 is 22.7 Å². The van der Waals surface area contributed by atoms with E-state index in [1.54, 1.807) is 40.5 Å². The highest BCUT2D eigenvalue weighted by Gasteiger charge is 2.28. The van der Waals surface area contributed by atoms with Crippen LogP contribution in [0.4, 0.5) is 0 Å². The van der Waals surface area contributed by atoms with E-state index in [1.807, 2.05) is 50.4 Å². The van der Waals surface area contributed by atoms with Crippen molar-refractivity contribution in [3.63, 3.8) is 0 Å². The molecule has 0 bridgehead atoms. The number of carbonyl (C=O) groups is 1. The molecule has 0 N–H and O–H groups in total. The lowest BCUT2D eigenvalue weighted by atomic mass is 10.1. The molecule has 2 heterocycles. The van der Waals surface area contributed by atoms with Crippen molar-refractivity contribution in [3.05, 3.63) is 75.5 Å². The summed E-state index contributed by atoms with van der Waals surface area (Å²) in [5, 5.41) is 2.00. The number of hydrogen-bond donors (Lipinski definition) is 0. The van der Waals surface area contributed by atoms with Crippen molar-refractivity contribution in [1.82, 2.24) is 9.21 Å². The molecule has 1 amide bonds. The number of ether oxygens (including phenoxy) is 2. The van der Waals surface area contributed by atoms with Gasteiger partial charge in [0, 0.05) is 18.0 Å². The topological polar surface area (TPSA) is 76.2 Å². The SMILES string of the molecule is CCCN(CC(=O)N(Cc1ccc2c(c1)OCO2)Cc1sccc1C)S(=O)(=O)c1ccc(C)cc1. The van der Waals surface area contributed by atoms with Gasteiger partial charge in [-0.15, -0.1) is 11.3 Å². The number of carbonyl (C=O) groups excluding carboxylic acids is 1. The van der Waals surface area contributed by atoms with E-state index in [1.165, 1.54) is 4.31 Å². The van der Waals surface area contributed by atoms with Gasteiger partial charge in [-0.2, -0.15) is 4.31 Å². The van der Waals surface area contributed by atoms with Gasteiger partial charge < -0.3 is 14.4 Å². The van der Waals surface area contributed by atoms with E-state index >= 15 is 0 Å². The lowest BCUT2D eigenvalue weighted by molar-refractivity contribution is -0.132. The highest BCUT2D eigenvalue weighted by Crippen LogP contribution is 2.33. The number of benzene rings is 2. The minimum atomic E-state index is -3.81. The number of amides is 1. The van der Waals surface area contributed by atoms with Crippen LogP contribution in [0.25, 0.3) is 0 Å². The molecule has 0 radical (unpaired) electrons. The number of sulfonamides is 1. The van der Waals surface area contributed by atoms with Gasteiger partial charge in [0.2, 0.25) is 22.7 Å². The Balaban J connectivity index is 1.59. The minimum absolute atomic E-state index is 0.179. The molecule has 1 aliphatic rings. The van der Waals surface area contributed by atoms with E-state index in [0.717, 1.165) is 21.6 Å². The Hall–Kier alpha value is -2.88. The van der Waals surface area contributed by atoms with Gasteiger partial charge in [0.05, 0.1) is 18.0 Å². The molecule has 0 saturated carbocycles. The lowest BCUT2D eigenvalue weighted by Crippen LogP contribution is -2.42. The fourth-order valence-corrected chi connectivity index (χ4v) is 6.28. The summed E-state index contributed by atoms with van der Waals surface area (Å²) in [5.41, 5.74) is 2.97. The van der Waals surface area contributed by atoms with Gasteiger partial charge >= 0.3 is 0 Å². The Kier molecular flexibility index (Phi) is 7.78. The first-order chi connectivity index (χ1) is 16.8. The number of hydrogen-bond acceptors (Lipinski definition) is 6. The highest BCUT2D eigenvalue weighted by atomic mass is 32.2. The van der Waals surface area contributed by atoms with Crippen LogP contribution in [0.2, 0.25) is 0 Å². The third kappa shape index (κ3) is 5.86. The maximum absolute atomic E-state index is 13.6. The summed E-state index contributed by atoms with van der Waals surface area (Å²) in [7, 11) is -3.81. The molecule has 0 saturated heterocycles. The van der Waals surface area contributed by atoms with Crippen LogP contribution >= 0.6 is 11.3 Å². The first kappa shape index (κ1) is 25.2. The molecule has 1 aliphatic heterocycles.